The van der Waals surface area contributed by atoms with Crippen LogP contribution in [0.3, 0.4) is 0 Å². The summed E-state index contributed by atoms with van der Waals surface area (Å²) >= 11 is 0. The lowest BCUT2D eigenvalue weighted by molar-refractivity contribution is 1.08. The molecule has 0 aliphatic heterocycles. The first-order chi connectivity index (χ1) is 3.91. The van der Waals surface area contributed by atoms with Gasteiger partial charge in [0.25, 0.3) is 0 Å². The van der Waals surface area contributed by atoms with Crippen molar-refractivity contribution in [3.63, 3.8) is 0 Å². The van der Waals surface area contributed by atoms with Gasteiger partial charge in [0.05, 0.1) is 0 Å². The summed E-state index contributed by atoms with van der Waals surface area (Å²) in [4.78, 5) is 0. The van der Waals surface area contributed by atoms with Crippen LogP contribution < -0.4 is 0 Å². The maximum Gasteiger partial charge on any atom is 0.228 e. The molecule has 0 N–H and O–H groups in total. The minimum atomic E-state index is 0.681. The Bertz CT molecular complexity index is 101. The fourth-order valence-corrected chi connectivity index (χ4v) is 0.302. The van der Waals surface area contributed by atoms with Crippen LogP contribution in [0.2, 0.25) is 0 Å². The van der Waals surface area contributed by atoms with Gasteiger partial charge >= 0.3 is 0 Å². The van der Waals surface area contributed by atoms with Crippen molar-refractivity contribution >= 4 is 0 Å². The van der Waals surface area contributed by atoms with Gasteiger partial charge in [-0.05, 0) is 12.3 Å². The molecular weight excluding hydrogens is 96.1 g/mol. The molecule has 0 aromatic rings. The molecule has 0 aromatic heterocycles. The van der Waals surface area contributed by atoms with Gasteiger partial charge in [0.15, 0.2) is 0 Å². The molecule has 0 spiro atoms. The summed E-state index contributed by atoms with van der Waals surface area (Å²) in [7, 11) is 0. The summed E-state index contributed by atoms with van der Waals surface area (Å²) in [5.41, 5.74) is 0. The third kappa shape index (κ3) is 5.21. The first-order valence-corrected chi connectivity index (χ1v) is 2.66. The first-order valence-electron chi connectivity index (χ1n) is 2.66. The van der Waals surface area contributed by atoms with Crippen molar-refractivity contribution in [1.82, 2.24) is 0 Å². The Kier molecular flexibility index (Phi) is 5.60. The molecular formula is C8H10. The molecule has 42 valence electrons. The maximum absolute atomic E-state index is 3.64. The number of hydrogen-bond donors (Lipinski definition) is 0. The Morgan fingerprint density at radius 3 is 2.75 bits per heavy atom. The van der Waals surface area contributed by atoms with Crippen LogP contribution in [0.4, 0.5) is 0 Å². The van der Waals surface area contributed by atoms with Gasteiger partial charge in [-0.15, -0.1) is 5.92 Å². The molecule has 0 amide bonds. The van der Waals surface area contributed by atoms with Crippen molar-refractivity contribution < 1.29 is 0 Å². The Hall–Kier alpha value is -0.790. The van der Waals surface area contributed by atoms with Crippen LogP contribution in [0.25, 0.3) is 0 Å². The standard InChI is InChI=1S/C8H10/c1-3-5-7-8-6-4-2/h1-3,5-6H2. The predicted molar refractivity (Wildman–Crippen MR) is 35.9 cm³/mol. The molecule has 0 aliphatic rings. The van der Waals surface area contributed by atoms with Crippen LogP contribution in [0.1, 0.15) is 19.3 Å². The van der Waals surface area contributed by atoms with E-state index >= 15 is 0 Å². The van der Waals surface area contributed by atoms with E-state index in [0.29, 0.717) is 6.42 Å². The molecule has 0 radical (unpaired) electrons. The second-order valence-corrected chi connectivity index (χ2v) is 1.38. The van der Waals surface area contributed by atoms with Crippen molar-refractivity contribution in [2.24, 2.45) is 0 Å². The van der Waals surface area contributed by atoms with Gasteiger partial charge in [0.2, 0.25) is 12.5 Å². The van der Waals surface area contributed by atoms with Gasteiger partial charge in [0.1, 0.15) is 6.58 Å². The van der Waals surface area contributed by atoms with Gasteiger partial charge < -0.3 is 6.92 Å². The average Bonchev–Trinajstić information content (AvgIpc) is 1.81. The summed E-state index contributed by atoms with van der Waals surface area (Å²) in [6.45, 7) is 7.06. The lowest BCUT2D eigenvalue weighted by Crippen LogP contribution is -1.61. The lowest BCUT2D eigenvalue weighted by atomic mass is 10.3. The van der Waals surface area contributed by atoms with Gasteiger partial charge in [-0.3, -0.25) is 0 Å². The number of unbranched alkanes of at least 4 members (excludes halogenated alkanes) is 1. The molecule has 0 bridgehead atoms. The predicted octanol–water partition coefficient (Wildman–Crippen LogP) is 1.98. The second kappa shape index (κ2) is 6.21. The number of rotatable bonds is 2. The average molecular weight is 106 g/mol. The van der Waals surface area contributed by atoms with Crippen molar-refractivity contribution in [3.8, 4) is 11.8 Å². The second-order valence-electron chi connectivity index (χ2n) is 1.38. The highest BCUT2D eigenvalue weighted by atomic mass is 13.7. The molecule has 0 saturated heterocycles. The van der Waals surface area contributed by atoms with E-state index in [4.69, 9.17) is 0 Å². The van der Waals surface area contributed by atoms with E-state index in [1.807, 2.05) is 0 Å². The highest BCUT2D eigenvalue weighted by molar-refractivity contribution is 5.00. The quantitative estimate of drug-likeness (QED) is 0.373. The molecule has 0 saturated carbocycles. The molecule has 0 unspecified atom stereocenters. The molecule has 0 heteroatoms. The third-order valence-corrected chi connectivity index (χ3v) is 0.640. The molecule has 0 atom stereocenters. The van der Waals surface area contributed by atoms with Crippen LogP contribution in [-0.2, 0) is 0 Å². The number of allylic oxidation sites excluding steroid dienone is 1. The van der Waals surface area contributed by atoms with Crippen molar-refractivity contribution in [2.45, 2.75) is 19.3 Å². The Balaban J connectivity index is 3.07. The van der Waals surface area contributed by atoms with E-state index < -0.39 is 0 Å². The van der Waals surface area contributed by atoms with Gasteiger partial charge in [-0.25, -0.2) is 0 Å². The Morgan fingerprint density at radius 2 is 2.25 bits per heavy atom. The normalized spacial score (nSPS) is 6.62. The van der Waals surface area contributed by atoms with E-state index in [0.717, 1.165) is 12.8 Å². The van der Waals surface area contributed by atoms with E-state index in [1.54, 1.807) is 0 Å². The van der Waals surface area contributed by atoms with Gasteiger partial charge in [-0.1, -0.05) is 0 Å². The summed E-state index contributed by atoms with van der Waals surface area (Å²) in [6.07, 6.45) is 5.15. The highest BCUT2D eigenvalue weighted by Crippen LogP contribution is 1.81. The minimum Gasteiger partial charge on any atom is -0.342 e. The monoisotopic (exact) mass is 106 g/mol. The molecule has 0 nitrogen and oxygen atoms in total. The largest absolute Gasteiger partial charge is 0.342 e. The summed E-state index contributed by atoms with van der Waals surface area (Å²) in [5.74, 6) is 5.79. The number of hydrogen-bond acceptors (Lipinski definition) is 0. The Labute approximate surface area is 51.6 Å². The fourth-order valence-electron chi connectivity index (χ4n) is 0.302. The molecule has 0 fully saturated rings. The molecule has 0 aromatic carbocycles. The third-order valence-electron chi connectivity index (χ3n) is 0.640. The summed E-state index contributed by atoms with van der Waals surface area (Å²) in [6, 6.07) is 0. The molecule has 0 rings (SSSR count). The van der Waals surface area contributed by atoms with E-state index in [1.165, 1.54) is 0 Å². The smallest absolute Gasteiger partial charge is 0.228 e. The summed E-state index contributed by atoms with van der Waals surface area (Å²) in [5, 5.41) is 0. The van der Waals surface area contributed by atoms with E-state index in [2.05, 4.69) is 31.4 Å². The fraction of sp³-hybridized carbons (Fsp3) is 0.375. The highest BCUT2D eigenvalue weighted by Gasteiger charge is 1.75. The Morgan fingerprint density at radius 1 is 1.50 bits per heavy atom. The van der Waals surface area contributed by atoms with Crippen molar-refractivity contribution in [3.05, 3.63) is 19.6 Å². The zero-order chi connectivity index (χ0) is 6.24. The topological polar surface area (TPSA) is 0 Å². The minimum absolute atomic E-state index is 0.681. The SMILES string of the molecule is C=[C+]CC#CCC[CH2-]. The molecule has 0 heterocycles. The van der Waals surface area contributed by atoms with E-state index in [-0.39, 0.29) is 0 Å². The molecule has 8 heavy (non-hydrogen) atoms. The lowest BCUT2D eigenvalue weighted by Gasteiger charge is -1.80. The van der Waals surface area contributed by atoms with Crippen LogP contribution in [0, 0.1) is 24.8 Å². The van der Waals surface area contributed by atoms with Crippen LogP contribution in [0.5, 0.6) is 0 Å². The van der Waals surface area contributed by atoms with Crippen LogP contribution in [0.15, 0.2) is 6.58 Å². The van der Waals surface area contributed by atoms with Gasteiger partial charge in [-0.2, -0.15) is 6.42 Å². The zero-order valence-electron chi connectivity index (χ0n) is 5.04. The van der Waals surface area contributed by atoms with Crippen molar-refractivity contribution in [1.29, 1.82) is 0 Å². The summed E-state index contributed by atoms with van der Waals surface area (Å²) < 4.78 is 0. The van der Waals surface area contributed by atoms with Gasteiger partial charge in [0, 0.05) is 0 Å². The first kappa shape index (κ1) is 7.21. The van der Waals surface area contributed by atoms with Crippen LogP contribution in [-0.4, -0.2) is 0 Å². The van der Waals surface area contributed by atoms with Crippen molar-refractivity contribution in [2.75, 3.05) is 0 Å². The van der Waals surface area contributed by atoms with Crippen LogP contribution >= 0.6 is 0 Å². The van der Waals surface area contributed by atoms with E-state index in [9.17, 15) is 0 Å². The zero-order valence-corrected chi connectivity index (χ0v) is 5.04. The maximum atomic E-state index is 3.64. The molecule has 0 aliphatic carbocycles.